The Kier molecular flexibility index (Phi) is 7.42. The highest BCUT2D eigenvalue weighted by atomic mass is 79.9. The van der Waals surface area contributed by atoms with Gasteiger partial charge in [0.05, 0.1) is 5.57 Å². The molecule has 176 valence electrons. The van der Waals surface area contributed by atoms with Gasteiger partial charge in [0, 0.05) is 16.5 Å². The van der Waals surface area contributed by atoms with E-state index in [0.29, 0.717) is 18.4 Å². The van der Waals surface area contributed by atoms with Crippen molar-refractivity contribution in [2.45, 2.75) is 19.4 Å². The van der Waals surface area contributed by atoms with Crippen molar-refractivity contribution in [2.75, 3.05) is 0 Å². The summed E-state index contributed by atoms with van der Waals surface area (Å²) < 4.78 is 6.94. The van der Waals surface area contributed by atoms with Gasteiger partial charge in [-0.25, -0.2) is 4.79 Å². The molecule has 5 aromatic rings. The Labute approximate surface area is 219 Å². The van der Waals surface area contributed by atoms with Gasteiger partial charge < -0.3 is 4.74 Å². The van der Waals surface area contributed by atoms with Crippen molar-refractivity contribution in [3.63, 3.8) is 0 Å². The van der Waals surface area contributed by atoms with Gasteiger partial charge in [0.15, 0.2) is 0 Å². The molecule has 0 amide bonds. The Morgan fingerprint density at radius 3 is 2.03 bits per heavy atom. The van der Waals surface area contributed by atoms with Crippen molar-refractivity contribution < 1.29 is 9.53 Å². The first-order chi connectivity index (χ1) is 17.7. The van der Waals surface area contributed by atoms with Crippen LogP contribution in [-0.4, -0.2) is 5.97 Å². The van der Waals surface area contributed by atoms with Crippen LogP contribution in [0.1, 0.15) is 16.7 Å². The molecule has 0 saturated heterocycles. The van der Waals surface area contributed by atoms with Crippen LogP contribution in [0.5, 0.6) is 0 Å². The topological polar surface area (TPSA) is 26.3 Å². The lowest BCUT2D eigenvalue weighted by atomic mass is 9.97. The first kappa shape index (κ1) is 23.8. The molecule has 0 N–H and O–H groups in total. The van der Waals surface area contributed by atoms with E-state index < -0.39 is 0 Å². The number of ether oxygens (including phenoxy) is 1. The summed E-state index contributed by atoms with van der Waals surface area (Å²) in [6.07, 6.45) is 3.07. The highest BCUT2D eigenvalue weighted by molar-refractivity contribution is 9.10. The number of esters is 1. The average Bonchev–Trinajstić information content (AvgIpc) is 2.92. The summed E-state index contributed by atoms with van der Waals surface area (Å²) in [5, 5.41) is 4.47. The van der Waals surface area contributed by atoms with Crippen molar-refractivity contribution >= 4 is 43.4 Å². The Morgan fingerprint density at radius 1 is 0.750 bits per heavy atom. The molecule has 2 nitrogen and oxygen atoms in total. The van der Waals surface area contributed by atoms with E-state index in [-0.39, 0.29) is 12.6 Å². The third-order valence-corrected chi connectivity index (χ3v) is 6.76. The summed E-state index contributed by atoms with van der Waals surface area (Å²) >= 11 is 3.48. The maximum Gasteiger partial charge on any atom is 0.342 e. The van der Waals surface area contributed by atoms with Crippen molar-refractivity contribution in [3.8, 4) is 0 Å². The van der Waals surface area contributed by atoms with Gasteiger partial charge in [0.1, 0.15) is 6.61 Å². The molecule has 0 atom stereocenters. The molecule has 36 heavy (non-hydrogen) atoms. The van der Waals surface area contributed by atoms with Crippen LogP contribution < -0.4 is 0 Å². The van der Waals surface area contributed by atoms with Crippen LogP contribution in [0.25, 0.3) is 21.5 Å². The van der Waals surface area contributed by atoms with Gasteiger partial charge in [-0.3, -0.25) is 0 Å². The van der Waals surface area contributed by atoms with Crippen LogP contribution in [0.4, 0.5) is 0 Å². The van der Waals surface area contributed by atoms with Gasteiger partial charge in [-0.15, -0.1) is 5.73 Å². The predicted octanol–water partition coefficient (Wildman–Crippen LogP) is 8.37. The molecule has 0 heterocycles. The van der Waals surface area contributed by atoms with Crippen molar-refractivity contribution in [1.29, 1.82) is 0 Å². The van der Waals surface area contributed by atoms with E-state index in [0.717, 1.165) is 37.1 Å². The minimum atomic E-state index is -0.348. The standard InChI is InChI=1S/C33H25BrO2/c34-29-19-17-25(18-20-29)21-28(14-8-11-24-9-2-1-3-10-24)33(35)36-23-32-30-15-6-4-12-26(30)22-27-13-5-7-16-31(27)32/h1-10,12-13,15-20,22H,11,21,23H2. The molecule has 0 aliphatic rings. The third-order valence-electron chi connectivity index (χ3n) is 6.23. The summed E-state index contributed by atoms with van der Waals surface area (Å²) in [7, 11) is 0. The molecule has 0 spiro atoms. The molecule has 0 fully saturated rings. The quantitative estimate of drug-likeness (QED) is 0.0910. The summed E-state index contributed by atoms with van der Waals surface area (Å²) in [5.41, 5.74) is 6.98. The Morgan fingerprint density at radius 2 is 1.36 bits per heavy atom. The largest absolute Gasteiger partial charge is 0.457 e. The SMILES string of the molecule is O=C(OCc1c2ccccc2cc2ccccc12)C(=C=CCc1ccccc1)Cc1ccc(Br)cc1. The van der Waals surface area contributed by atoms with Gasteiger partial charge in [0.25, 0.3) is 0 Å². The second-order valence-electron chi connectivity index (χ2n) is 8.69. The molecular weight excluding hydrogens is 508 g/mol. The first-order valence-corrected chi connectivity index (χ1v) is 12.8. The predicted molar refractivity (Wildman–Crippen MR) is 151 cm³/mol. The lowest BCUT2D eigenvalue weighted by Gasteiger charge is -2.13. The maximum absolute atomic E-state index is 13.4. The number of hydrogen-bond acceptors (Lipinski definition) is 2. The second-order valence-corrected chi connectivity index (χ2v) is 9.61. The molecule has 0 saturated carbocycles. The Bertz CT molecular complexity index is 1520. The van der Waals surface area contributed by atoms with Crippen LogP contribution in [0, 0.1) is 0 Å². The number of hydrogen-bond donors (Lipinski definition) is 0. The number of carbonyl (C=O) groups excluding carboxylic acids is 1. The number of halogens is 1. The van der Waals surface area contributed by atoms with E-state index in [4.69, 9.17) is 4.74 Å². The molecule has 3 heteroatoms. The second kappa shape index (κ2) is 11.2. The highest BCUT2D eigenvalue weighted by Gasteiger charge is 2.15. The van der Waals surface area contributed by atoms with Crippen LogP contribution in [0.3, 0.4) is 0 Å². The molecule has 0 aromatic heterocycles. The number of benzene rings is 5. The van der Waals surface area contributed by atoms with Crippen LogP contribution in [0.2, 0.25) is 0 Å². The molecule has 0 unspecified atom stereocenters. The highest BCUT2D eigenvalue weighted by Crippen LogP contribution is 2.29. The summed E-state index contributed by atoms with van der Waals surface area (Å²) in [5.74, 6) is -0.348. The maximum atomic E-state index is 13.4. The third kappa shape index (κ3) is 5.66. The zero-order chi connectivity index (χ0) is 24.7. The number of carbonyl (C=O) groups is 1. The molecule has 0 aliphatic heterocycles. The normalized spacial score (nSPS) is 10.7. The van der Waals surface area contributed by atoms with Crippen molar-refractivity contribution in [1.82, 2.24) is 0 Å². The minimum absolute atomic E-state index is 0.199. The van der Waals surface area contributed by atoms with Gasteiger partial charge in [-0.2, -0.15) is 0 Å². The fourth-order valence-corrected chi connectivity index (χ4v) is 4.65. The fourth-order valence-electron chi connectivity index (χ4n) is 4.38. The van der Waals surface area contributed by atoms with E-state index in [1.165, 1.54) is 5.56 Å². The van der Waals surface area contributed by atoms with Crippen LogP contribution in [-0.2, 0) is 29.0 Å². The lowest BCUT2D eigenvalue weighted by Crippen LogP contribution is -2.10. The first-order valence-electron chi connectivity index (χ1n) is 12.0. The summed E-state index contributed by atoms with van der Waals surface area (Å²) in [4.78, 5) is 13.4. The van der Waals surface area contributed by atoms with Gasteiger partial charge in [-0.1, -0.05) is 107 Å². The van der Waals surface area contributed by atoms with Gasteiger partial charge in [0.2, 0.25) is 0 Å². The smallest absolute Gasteiger partial charge is 0.342 e. The summed E-state index contributed by atoms with van der Waals surface area (Å²) in [6.45, 7) is 0.199. The summed E-state index contributed by atoms with van der Waals surface area (Å²) in [6, 6.07) is 36.8. The van der Waals surface area contributed by atoms with Crippen LogP contribution in [0.15, 0.2) is 131 Å². The fraction of sp³-hybridized carbons (Fsp3) is 0.0909. The van der Waals surface area contributed by atoms with Crippen molar-refractivity contribution in [3.05, 3.63) is 148 Å². The molecule has 0 aliphatic carbocycles. The monoisotopic (exact) mass is 532 g/mol. The van der Waals surface area contributed by atoms with E-state index in [1.807, 2.05) is 72.8 Å². The molecule has 5 rings (SSSR count). The zero-order valence-electron chi connectivity index (χ0n) is 19.8. The molecular formula is C33H25BrO2. The Hall–Kier alpha value is -3.91. The van der Waals surface area contributed by atoms with Gasteiger partial charge >= 0.3 is 5.97 Å². The minimum Gasteiger partial charge on any atom is -0.457 e. The lowest BCUT2D eigenvalue weighted by molar-refractivity contribution is -0.140. The molecule has 0 bridgehead atoms. The van der Waals surface area contributed by atoms with E-state index in [9.17, 15) is 4.79 Å². The van der Waals surface area contributed by atoms with Crippen molar-refractivity contribution in [2.24, 2.45) is 0 Å². The van der Waals surface area contributed by atoms with Gasteiger partial charge in [-0.05, 0) is 63.4 Å². The van der Waals surface area contributed by atoms with Crippen LogP contribution >= 0.6 is 15.9 Å². The molecule has 5 aromatic carbocycles. The molecule has 0 radical (unpaired) electrons. The number of fused-ring (bicyclic) bond motifs is 2. The van der Waals surface area contributed by atoms with E-state index >= 15 is 0 Å². The zero-order valence-corrected chi connectivity index (χ0v) is 21.4. The number of rotatable bonds is 7. The average molecular weight is 533 g/mol. The Balaban J connectivity index is 1.44. The van der Waals surface area contributed by atoms with E-state index in [2.05, 4.69) is 64.1 Å². The van der Waals surface area contributed by atoms with E-state index in [1.54, 1.807) is 0 Å².